The van der Waals surface area contributed by atoms with Gasteiger partial charge in [0, 0.05) is 57.9 Å². The van der Waals surface area contributed by atoms with E-state index in [0.717, 1.165) is 70.7 Å². The molecule has 3 aromatic rings. The van der Waals surface area contributed by atoms with E-state index < -0.39 is 18.9 Å². The summed E-state index contributed by atoms with van der Waals surface area (Å²) in [5.41, 5.74) is 5.32. The van der Waals surface area contributed by atoms with Crippen molar-refractivity contribution in [1.29, 1.82) is 0 Å². The first kappa shape index (κ1) is 20.9. The molecule has 4 aliphatic rings. The fourth-order valence-corrected chi connectivity index (χ4v) is 6.62. The van der Waals surface area contributed by atoms with Gasteiger partial charge in [-0.15, -0.1) is 0 Å². The zero-order valence-corrected chi connectivity index (χ0v) is 21.5. The average molecular weight is 529 g/mol. The number of nitrogens with zero attached hydrogens (tertiary/aromatic N) is 4. The number of piperidine rings is 2. The predicted molar refractivity (Wildman–Crippen MR) is 143 cm³/mol. The molecule has 0 aliphatic carbocycles. The summed E-state index contributed by atoms with van der Waals surface area (Å²) in [5, 5.41) is 6.37. The molecule has 0 bridgehead atoms. The van der Waals surface area contributed by atoms with Gasteiger partial charge in [0.2, 0.25) is 11.8 Å². The molecular formula is C30H31N5O4. The van der Waals surface area contributed by atoms with Gasteiger partial charge in [-0.05, 0) is 55.6 Å². The van der Waals surface area contributed by atoms with E-state index in [9.17, 15) is 14.4 Å². The maximum absolute atomic E-state index is 13.2. The van der Waals surface area contributed by atoms with Crippen LogP contribution in [-0.4, -0.2) is 63.0 Å². The molecule has 7 rings (SSSR count). The molecule has 2 saturated heterocycles. The Morgan fingerprint density at radius 3 is 2.82 bits per heavy atom. The van der Waals surface area contributed by atoms with Crippen molar-refractivity contribution < 1.29 is 23.2 Å². The first-order valence-corrected chi connectivity index (χ1v) is 13.4. The Bertz CT molecular complexity index is 1610. The second-order valence-corrected chi connectivity index (χ2v) is 11.1. The zero-order chi connectivity index (χ0) is 29.2. The third-order valence-corrected chi connectivity index (χ3v) is 8.79. The zero-order valence-electron chi connectivity index (χ0n) is 24.5. The van der Waals surface area contributed by atoms with Crippen LogP contribution in [-0.2, 0) is 35.1 Å². The van der Waals surface area contributed by atoms with Gasteiger partial charge in [-0.1, -0.05) is 24.3 Å². The molecule has 200 valence electrons. The third kappa shape index (κ3) is 4.03. The number of hydrogen-bond donors (Lipinski definition) is 1. The van der Waals surface area contributed by atoms with Crippen molar-refractivity contribution in [2.24, 2.45) is 6.98 Å². The molecule has 5 heterocycles. The van der Waals surface area contributed by atoms with Crippen molar-refractivity contribution in [2.45, 2.75) is 50.2 Å². The number of fused-ring (bicyclic) bond motifs is 4. The van der Waals surface area contributed by atoms with Crippen molar-refractivity contribution in [1.82, 2.24) is 24.9 Å². The van der Waals surface area contributed by atoms with Crippen molar-refractivity contribution in [3.05, 3.63) is 71.0 Å². The summed E-state index contributed by atoms with van der Waals surface area (Å²) in [6.07, 6.45) is 5.56. The van der Waals surface area contributed by atoms with Gasteiger partial charge in [0.1, 0.15) is 11.8 Å². The van der Waals surface area contributed by atoms with Crippen molar-refractivity contribution >= 4 is 17.7 Å². The van der Waals surface area contributed by atoms with Gasteiger partial charge < -0.3 is 9.64 Å². The average Bonchev–Trinajstić information content (AvgIpc) is 3.68. The second-order valence-electron chi connectivity index (χ2n) is 11.1. The maximum atomic E-state index is 13.2. The van der Waals surface area contributed by atoms with Crippen molar-refractivity contribution in [2.75, 3.05) is 19.7 Å². The Morgan fingerprint density at radius 2 is 2.03 bits per heavy atom. The number of carbonyl (C=O) groups is 3. The lowest BCUT2D eigenvalue weighted by atomic mass is 9.74. The molecule has 39 heavy (non-hydrogen) atoms. The van der Waals surface area contributed by atoms with Crippen LogP contribution < -0.4 is 10.1 Å². The van der Waals surface area contributed by atoms with E-state index in [1.54, 1.807) is 17.3 Å². The van der Waals surface area contributed by atoms with Gasteiger partial charge >= 0.3 is 0 Å². The van der Waals surface area contributed by atoms with E-state index in [1.807, 2.05) is 24.3 Å². The lowest BCUT2D eigenvalue weighted by molar-refractivity contribution is -0.136. The Hall–Kier alpha value is -3.98. The summed E-state index contributed by atoms with van der Waals surface area (Å²) in [6, 6.07) is 11.4. The number of aryl methyl sites for hydroxylation is 1. The molecule has 1 aromatic heterocycles. The predicted octanol–water partition coefficient (Wildman–Crippen LogP) is 2.77. The minimum absolute atomic E-state index is 0.113. The van der Waals surface area contributed by atoms with E-state index >= 15 is 0 Å². The van der Waals surface area contributed by atoms with Crippen molar-refractivity contribution in [3.8, 4) is 16.9 Å². The molecule has 2 fully saturated rings. The van der Waals surface area contributed by atoms with E-state index in [2.05, 4.69) is 27.4 Å². The number of hydrogen-bond acceptors (Lipinski definition) is 6. The van der Waals surface area contributed by atoms with Crippen LogP contribution in [0.4, 0.5) is 0 Å². The minimum Gasteiger partial charge on any atom is -0.492 e. The molecule has 2 aromatic carbocycles. The van der Waals surface area contributed by atoms with E-state index in [1.165, 1.54) is 0 Å². The first-order chi connectivity index (χ1) is 20.1. The monoisotopic (exact) mass is 528 g/mol. The summed E-state index contributed by atoms with van der Waals surface area (Å²) in [6.45, 7) is 1.15. The summed E-state index contributed by atoms with van der Waals surface area (Å²) in [5.74, 6) is -0.109. The molecule has 4 aliphatic heterocycles. The van der Waals surface area contributed by atoms with Crippen LogP contribution in [0.5, 0.6) is 5.75 Å². The molecular weight excluding hydrogens is 494 g/mol. The standard InChI is InChI=1S/C30H31N5O4/c1-33-16-21(14-31-33)20-4-2-3-19(13-20)15-34-11-9-30(10-12-34)18-39-27-23-17-35(25-7-8-26(36)32-28(25)37)29(38)22(23)5-6-24(27)30/h2-6,13-14,16,25H,7-12,15,17-18H2,1H3,(H,32,36,37)/t25-/m0/s1/i1D3. The number of nitrogens with one attached hydrogen (secondary N) is 1. The molecule has 9 heteroatoms. The van der Waals surface area contributed by atoms with Gasteiger partial charge in [0.15, 0.2) is 0 Å². The number of ether oxygens (including phenoxy) is 1. The number of amides is 3. The number of benzene rings is 2. The van der Waals surface area contributed by atoms with E-state index in [-0.39, 0.29) is 23.7 Å². The number of rotatable bonds is 4. The fourth-order valence-electron chi connectivity index (χ4n) is 6.62. The smallest absolute Gasteiger partial charge is 0.255 e. The molecule has 1 atom stereocenters. The van der Waals surface area contributed by atoms with Crippen LogP contribution in [0.25, 0.3) is 11.1 Å². The molecule has 0 unspecified atom stereocenters. The number of carbonyl (C=O) groups excluding carboxylic acids is 3. The number of aromatic nitrogens is 2. The van der Waals surface area contributed by atoms with Gasteiger partial charge in [-0.3, -0.25) is 29.3 Å². The SMILES string of the molecule is [2H]C([2H])([2H])n1cc(-c2cccc(CN3CCC4(CC3)COc3c4ccc4c3CN([C@H]3CCC(=O)NC3=O)C4=O)c2)cn1. The van der Waals surface area contributed by atoms with Gasteiger partial charge in [-0.2, -0.15) is 5.10 Å². The molecule has 0 radical (unpaired) electrons. The third-order valence-electron chi connectivity index (χ3n) is 8.79. The van der Waals surface area contributed by atoms with Crippen LogP contribution in [0.15, 0.2) is 48.8 Å². The maximum Gasteiger partial charge on any atom is 0.255 e. The normalized spacial score (nSPS) is 23.6. The Labute approximate surface area is 230 Å². The lowest BCUT2D eigenvalue weighted by Crippen LogP contribution is -2.52. The first-order valence-electron chi connectivity index (χ1n) is 14.9. The van der Waals surface area contributed by atoms with Crippen LogP contribution in [0.1, 0.15) is 56.8 Å². The molecule has 0 saturated carbocycles. The number of likely N-dealkylation sites (tertiary alicyclic amines) is 1. The van der Waals surface area contributed by atoms with Gasteiger partial charge in [0.05, 0.1) is 19.3 Å². The van der Waals surface area contributed by atoms with Crippen molar-refractivity contribution in [3.63, 3.8) is 0 Å². The minimum atomic E-state index is -2.30. The summed E-state index contributed by atoms with van der Waals surface area (Å²) in [4.78, 5) is 41.3. The Kier molecular flexibility index (Phi) is 4.85. The van der Waals surface area contributed by atoms with Crippen LogP contribution in [0.2, 0.25) is 0 Å². The Balaban J connectivity index is 1.04. The largest absolute Gasteiger partial charge is 0.492 e. The highest BCUT2D eigenvalue weighted by Crippen LogP contribution is 2.49. The second kappa shape index (κ2) is 9.05. The molecule has 3 amide bonds. The van der Waals surface area contributed by atoms with Crippen LogP contribution in [0, 0.1) is 0 Å². The van der Waals surface area contributed by atoms with Crippen LogP contribution in [0.3, 0.4) is 0 Å². The van der Waals surface area contributed by atoms with Gasteiger partial charge in [0.25, 0.3) is 5.91 Å². The quantitative estimate of drug-likeness (QED) is 0.523. The van der Waals surface area contributed by atoms with Crippen LogP contribution >= 0.6 is 0 Å². The topological polar surface area (TPSA) is 96.8 Å². The molecule has 1 N–H and O–H groups in total. The summed E-state index contributed by atoms with van der Waals surface area (Å²) < 4.78 is 30.0. The van der Waals surface area contributed by atoms with E-state index in [4.69, 9.17) is 8.85 Å². The summed E-state index contributed by atoms with van der Waals surface area (Å²) >= 11 is 0. The molecule has 9 nitrogen and oxygen atoms in total. The molecule has 1 spiro atoms. The lowest BCUT2D eigenvalue weighted by Gasteiger charge is -2.38. The fraction of sp³-hybridized carbons (Fsp3) is 0.400. The van der Waals surface area contributed by atoms with Gasteiger partial charge in [-0.25, -0.2) is 0 Å². The highest BCUT2D eigenvalue weighted by molar-refractivity contribution is 6.05. The highest BCUT2D eigenvalue weighted by Gasteiger charge is 2.47. The highest BCUT2D eigenvalue weighted by atomic mass is 16.5. The Morgan fingerprint density at radius 1 is 1.15 bits per heavy atom. The van der Waals surface area contributed by atoms with E-state index in [0.29, 0.717) is 25.1 Å². The summed E-state index contributed by atoms with van der Waals surface area (Å²) in [7, 11) is 0. The number of imide groups is 1.